The molecule has 0 aromatic rings. The summed E-state index contributed by atoms with van der Waals surface area (Å²) in [5.41, 5.74) is 0. The Bertz CT molecular complexity index is 7.61. The fraction of sp³-hybridized carbons (Fsp3) is 1.00. The van der Waals surface area contributed by atoms with Crippen LogP contribution in [-0.4, -0.2) is 8.41 Å². The molecule has 0 saturated carbocycles. The van der Waals surface area contributed by atoms with E-state index in [1.807, 2.05) is 0 Å². The normalized spacial score (nSPS) is 1.20. The Labute approximate surface area is 42.0 Å². The molecule has 3 radical (unpaired) electrons. The summed E-state index contributed by atoms with van der Waals surface area (Å²) in [6.07, 6.45) is 0. The second-order valence-corrected chi connectivity index (χ2v) is 0. The van der Waals surface area contributed by atoms with Crippen LogP contribution in [0.5, 0.6) is 0 Å². The Hall–Kier alpha value is 0.925. The van der Waals surface area contributed by atoms with Gasteiger partial charge in [-0.25, -0.2) is 0 Å². The fourth-order valence-corrected chi connectivity index (χ4v) is 0. The van der Waals surface area contributed by atoms with Crippen LogP contribution >= 0.6 is 17.9 Å². The summed E-state index contributed by atoms with van der Waals surface area (Å²) in [5.74, 6) is 0. The highest BCUT2D eigenvalue weighted by molar-refractivity contribution is 7.92. The third kappa shape index (κ3) is 49.3. The van der Waals surface area contributed by atoms with Gasteiger partial charge in [-0.1, -0.05) is 14.9 Å². The second kappa shape index (κ2) is 88.7. The maximum Gasteiger partial charge on any atom is 0 e. The van der Waals surface area contributed by atoms with Gasteiger partial charge in [-0.15, -0.1) is 17.9 Å². The first-order valence-electron chi connectivity index (χ1n) is 0.333. The van der Waals surface area contributed by atoms with Crippen molar-refractivity contribution in [3.8, 4) is 0 Å². The molecule has 2 atom stereocenters. The van der Waals surface area contributed by atoms with Crippen LogP contribution in [0.2, 0.25) is 0 Å². The van der Waals surface area contributed by atoms with Gasteiger partial charge < -0.3 is 0 Å². The van der Waals surface area contributed by atoms with Crippen molar-refractivity contribution in [1.29, 1.82) is 0 Å². The number of rotatable bonds is 0. The molecule has 0 N–H and O–H groups in total. The lowest BCUT2D eigenvalue weighted by atomic mass is 10.8. The molecule has 0 aromatic heterocycles. The van der Waals surface area contributed by atoms with Crippen molar-refractivity contribution in [2.24, 2.45) is 0 Å². The summed E-state index contributed by atoms with van der Waals surface area (Å²) in [5, 5.41) is 0. The lowest BCUT2D eigenvalue weighted by molar-refractivity contribution is 2.50. The van der Waals surface area contributed by atoms with Gasteiger partial charge >= 0.3 is 0 Å². The van der Waals surface area contributed by atoms with Gasteiger partial charge in [0.25, 0.3) is 0 Å². The van der Waals surface area contributed by atoms with Crippen molar-refractivity contribution in [2.45, 2.75) is 14.9 Å². The van der Waals surface area contributed by atoms with Crippen molar-refractivity contribution in [2.75, 3.05) is 0 Å². The molecule has 0 rings (SSSR count). The van der Waals surface area contributed by atoms with Gasteiger partial charge in [-0.05, 0) is 0 Å². The van der Waals surface area contributed by atoms with E-state index in [2.05, 4.69) is 17.9 Å². The smallest absolute Gasteiger partial charge is 0 e. The van der Waals surface area contributed by atoms with E-state index >= 15 is 0 Å². The molecule has 0 saturated heterocycles. The van der Waals surface area contributed by atoms with E-state index in [0.29, 0.717) is 0 Å². The summed E-state index contributed by atoms with van der Waals surface area (Å²) in [6.45, 7) is 0. The van der Waals surface area contributed by atoms with Gasteiger partial charge in [-0.3, -0.25) is 0 Å². The average molecular weight is 109 g/mol. The minimum atomic E-state index is 0. The molecule has 2 unspecified atom stereocenters. The highest BCUT2D eigenvalue weighted by Crippen LogP contribution is 1.86. The highest BCUT2D eigenvalue weighted by atomic mass is 32.0. The van der Waals surface area contributed by atoms with Crippen molar-refractivity contribution in [1.82, 2.24) is 0 Å². The third-order valence-corrected chi connectivity index (χ3v) is 0. The van der Waals surface area contributed by atoms with Gasteiger partial charge in [0.15, 0.2) is 0 Å². The Kier molecular flexibility index (Phi) is 688. The lowest BCUT2D eigenvalue weighted by Crippen LogP contribution is -0.381. The number of hydrogen-bond donors (Lipinski definition) is 0. The first kappa shape index (κ1) is 38.8. The molecule has 3 heteroatoms. The summed E-state index contributed by atoms with van der Waals surface area (Å²) in [7, 11) is 4.67. The van der Waals surface area contributed by atoms with Crippen LogP contribution in [0.4, 0.5) is 0 Å². The lowest BCUT2D eigenvalue weighted by Gasteiger charge is -1.12. The summed E-state index contributed by atoms with van der Waals surface area (Å²) >= 11 is 0. The van der Waals surface area contributed by atoms with Crippen molar-refractivity contribution >= 4 is 26.3 Å². The zero-order chi connectivity index (χ0) is 2.00. The number of hydrogen-bond acceptors (Lipinski definition) is 0. The Morgan fingerprint density at radius 3 is 0.800 bits per heavy atom. The Balaban J connectivity index is -0.00000000167. The standard InChI is InChI=1S/2CH4.B.H4P2/c;;;1-2/h2*1H4;;1-2H2. The summed E-state index contributed by atoms with van der Waals surface area (Å²) in [6, 6.07) is 0. The van der Waals surface area contributed by atoms with Gasteiger partial charge in [0.2, 0.25) is 0 Å². The van der Waals surface area contributed by atoms with E-state index in [1.54, 1.807) is 0 Å². The van der Waals surface area contributed by atoms with Gasteiger partial charge in [0, 0.05) is 8.41 Å². The van der Waals surface area contributed by atoms with Crippen LogP contribution < -0.4 is 0 Å². The van der Waals surface area contributed by atoms with Gasteiger partial charge in [0.1, 0.15) is 0 Å². The molecule has 0 bridgehead atoms. The molecule has 0 aliphatic heterocycles. The SMILES string of the molecule is C.C.PP.[B]. The van der Waals surface area contributed by atoms with Crippen LogP contribution in [0, 0.1) is 0 Å². The predicted molar refractivity (Wildman–Crippen MR) is 38.6 cm³/mol. The van der Waals surface area contributed by atoms with Crippen LogP contribution in [0.15, 0.2) is 0 Å². The molecular formula is C2H12BP2. The topological polar surface area (TPSA) is 0 Å². The zero-order valence-corrected chi connectivity index (χ0v) is 4.04. The van der Waals surface area contributed by atoms with Crippen LogP contribution in [0.1, 0.15) is 14.9 Å². The molecule has 0 spiro atoms. The maximum atomic E-state index is 2.33. The van der Waals surface area contributed by atoms with E-state index in [0.717, 1.165) is 0 Å². The zero-order valence-electron chi connectivity index (χ0n) is 1.73. The molecule has 0 fully saturated rings. The van der Waals surface area contributed by atoms with Crippen molar-refractivity contribution < 1.29 is 0 Å². The Morgan fingerprint density at radius 2 is 0.800 bits per heavy atom. The molecule has 0 amide bonds. The molecule has 33 valence electrons. The third-order valence-electron chi connectivity index (χ3n) is 0. The van der Waals surface area contributed by atoms with Crippen LogP contribution in [-0.2, 0) is 0 Å². The van der Waals surface area contributed by atoms with E-state index in [-0.39, 0.29) is 23.3 Å². The van der Waals surface area contributed by atoms with Crippen LogP contribution in [0.25, 0.3) is 0 Å². The largest absolute Gasteiger partial charge is 0.118 e. The van der Waals surface area contributed by atoms with E-state index in [9.17, 15) is 0 Å². The molecule has 0 aromatic carbocycles. The summed E-state index contributed by atoms with van der Waals surface area (Å²) < 4.78 is 0. The Morgan fingerprint density at radius 1 is 0.800 bits per heavy atom. The average Bonchev–Trinajstić information content (AvgIpc) is 1.00. The van der Waals surface area contributed by atoms with E-state index < -0.39 is 0 Å². The molecule has 0 aliphatic carbocycles. The van der Waals surface area contributed by atoms with Gasteiger partial charge in [-0.2, -0.15) is 0 Å². The highest BCUT2D eigenvalue weighted by Gasteiger charge is 0.882. The molecule has 0 heterocycles. The second-order valence-electron chi connectivity index (χ2n) is 0. The predicted octanol–water partition coefficient (Wildman–Crippen LogP) is 1.54. The van der Waals surface area contributed by atoms with Crippen LogP contribution in [0.3, 0.4) is 0 Å². The van der Waals surface area contributed by atoms with E-state index in [4.69, 9.17) is 0 Å². The molecule has 0 nitrogen and oxygen atoms in total. The monoisotopic (exact) mass is 109 g/mol. The summed E-state index contributed by atoms with van der Waals surface area (Å²) in [4.78, 5) is 0. The fourth-order valence-electron chi connectivity index (χ4n) is 0. The van der Waals surface area contributed by atoms with Crippen molar-refractivity contribution in [3.63, 3.8) is 0 Å². The first-order valence-corrected chi connectivity index (χ1v) is 3.00. The molecule has 0 aliphatic rings. The van der Waals surface area contributed by atoms with Crippen molar-refractivity contribution in [3.05, 3.63) is 0 Å². The molecule has 5 heavy (non-hydrogen) atoms. The first-order chi connectivity index (χ1) is 1.00. The molecular weight excluding hydrogens is 96.8 g/mol. The maximum absolute atomic E-state index is 2.33. The minimum Gasteiger partial charge on any atom is -0.118 e. The quantitative estimate of drug-likeness (QED) is 0.327. The van der Waals surface area contributed by atoms with E-state index in [1.165, 1.54) is 0 Å². The minimum absolute atomic E-state index is 0. The van der Waals surface area contributed by atoms with Gasteiger partial charge in [0.05, 0.1) is 0 Å².